The van der Waals surface area contributed by atoms with Gasteiger partial charge in [-0.15, -0.1) is 0 Å². The van der Waals surface area contributed by atoms with Gasteiger partial charge in [0.1, 0.15) is 17.6 Å². The Morgan fingerprint density at radius 1 is 1.00 bits per heavy atom. The Morgan fingerprint density at radius 2 is 1.65 bits per heavy atom. The first-order valence-electron chi connectivity index (χ1n) is 17.7. The van der Waals surface area contributed by atoms with E-state index in [9.17, 15) is 24.9 Å². The smallest absolute Gasteiger partial charge is 0.238 e. The number of ether oxygens (including phenoxy) is 5. The van der Waals surface area contributed by atoms with E-state index < -0.39 is 65.6 Å². The summed E-state index contributed by atoms with van der Waals surface area (Å²) < 4.78 is 31.6. The molecule has 4 N–H and O–H groups in total. The first kappa shape index (κ1) is 39.4. The van der Waals surface area contributed by atoms with E-state index in [-0.39, 0.29) is 55.2 Å². The number of carbonyl (C=O) groups is 2. The molecule has 4 aliphatic rings. The highest BCUT2D eigenvalue weighted by atomic mass is 16.7. The lowest BCUT2D eigenvalue weighted by Crippen LogP contribution is -2.60. The topological polar surface area (TPSA) is 159 Å². The predicted octanol–water partition coefficient (Wildman–Crippen LogP) is 1.50. The maximum atomic E-state index is 13.6. The maximum absolute atomic E-state index is 13.6. The van der Waals surface area contributed by atoms with Crippen LogP contribution < -0.4 is 5.32 Å². The highest BCUT2D eigenvalue weighted by Gasteiger charge is 2.58. The normalized spacial score (nSPS) is 46.4. The fourth-order valence-corrected chi connectivity index (χ4v) is 8.36. The molecule has 2 amide bonds. The molecule has 13 heteroatoms. The fourth-order valence-electron chi connectivity index (χ4n) is 8.36. The van der Waals surface area contributed by atoms with Gasteiger partial charge in [-0.1, -0.05) is 20.8 Å². The average molecular weight is 686 g/mol. The molecule has 3 aliphatic heterocycles. The van der Waals surface area contributed by atoms with E-state index in [1.54, 1.807) is 32.9 Å². The largest absolute Gasteiger partial charge is 0.387 e. The van der Waals surface area contributed by atoms with Gasteiger partial charge in [0.25, 0.3) is 0 Å². The van der Waals surface area contributed by atoms with Crippen molar-refractivity contribution < 1.29 is 48.6 Å². The Balaban J connectivity index is 1.73. The van der Waals surface area contributed by atoms with E-state index in [4.69, 9.17) is 23.7 Å². The molecule has 14 atom stereocenters. The van der Waals surface area contributed by atoms with Crippen LogP contribution in [0.2, 0.25) is 0 Å². The van der Waals surface area contributed by atoms with Crippen molar-refractivity contribution in [3.63, 3.8) is 0 Å². The second-order valence-corrected chi connectivity index (χ2v) is 16.1. The Kier molecular flexibility index (Phi) is 12.3. The van der Waals surface area contributed by atoms with E-state index in [1.807, 2.05) is 53.6 Å². The van der Waals surface area contributed by atoms with Crippen molar-refractivity contribution in [1.82, 2.24) is 15.1 Å². The van der Waals surface area contributed by atoms with Gasteiger partial charge in [-0.2, -0.15) is 0 Å². The van der Waals surface area contributed by atoms with Gasteiger partial charge in [-0.3, -0.25) is 9.59 Å². The number of rotatable bonds is 6. The lowest BCUT2D eigenvalue weighted by atomic mass is 9.77. The first-order chi connectivity index (χ1) is 22.3. The maximum Gasteiger partial charge on any atom is 0.238 e. The summed E-state index contributed by atoms with van der Waals surface area (Å²) in [5, 5.41) is 37.7. The van der Waals surface area contributed by atoms with Crippen LogP contribution in [0.1, 0.15) is 80.6 Å². The van der Waals surface area contributed by atoms with Crippen LogP contribution in [0.15, 0.2) is 0 Å². The third kappa shape index (κ3) is 8.21. The molecule has 0 aromatic rings. The van der Waals surface area contributed by atoms with Gasteiger partial charge in [-0.05, 0) is 73.4 Å². The molecule has 3 heterocycles. The number of carbonyl (C=O) groups excluding carboxylic acids is 2. The molecule has 1 spiro atoms. The molecule has 0 radical (unpaired) electrons. The van der Waals surface area contributed by atoms with Crippen molar-refractivity contribution in [2.45, 2.75) is 147 Å². The van der Waals surface area contributed by atoms with Gasteiger partial charge in [-0.25, -0.2) is 0 Å². The van der Waals surface area contributed by atoms with Crippen molar-refractivity contribution in [3.8, 4) is 0 Å². The average Bonchev–Trinajstić information content (AvgIpc) is 3.81. The number of hydrogen-bond donors (Lipinski definition) is 4. The standard InChI is InChI=1S/C35H63N3O10/c1-19-15-33(6,43)29(48-30-26(39)24(37(8)9)14-21(3)45-30)22(4)27(47-25-16-34(7,44-11)28(40)23(5)46-25)20(2)17-36-31(41)35(12-13-35)32(42)38(10)18-19/h19-30,39-40,43H,12-18H2,1-11H3,(H,36,41)/t19-,20?,21-,22+,23+,24?,25+,26-,27?,28+,29-,30?,33-,34-/m1/s1. The molecule has 0 bridgehead atoms. The molecule has 0 aromatic carbocycles. The van der Waals surface area contributed by atoms with Crippen LogP contribution in [0.3, 0.4) is 0 Å². The van der Waals surface area contributed by atoms with Gasteiger partial charge >= 0.3 is 0 Å². The van der Waals surface area contributed by atoms with Crippen LogP contribution in [0.5, 0.6) is 0 Å². The van der Waals surface area contributed by atoms with Gasteiger partial charge in [0.15, 0.2) is 12.6 Å². The summed E-state index contributed by atoms with van der Waals surface area (Å²) >= 11 is 0. The van der Waals surface area contributed by atoms with Gasteiger partial charge in [0, 0.05) is 51.5 Å². The molecule has 1 aliphatic carbocycles. The highest BCUT2D eigenvalue weighted by molar-refractivity contribution is 6.07. The quantitative estimate of drug-likeness (QED) is 0.300. The summed E-state index contributed by atoms with van der Waals surface area (Å²) in [6, 6.07) is -0.220. The minimum atomic E-state index is -1.45. The van der Waals surface area contributed by atoms with Crippen molar-refractivity contribution in [2.75, 3.05) is 41.3 Å². The number of hydrogen-bond acceptors (Lipinski definition) is 11. The summed E-state index contributed by atoms with van der Waals surface area (Å²) in [5.74, 6) is -1.51. The SMILES string of the molecule is CO[C@]1(C)C[C@H](OC2C(C)CNC(=O)C3(CC3)C(=O)N(C)C[C@H](C)C[C@@](C)(O)[C@H](OC3O[C@H](C)CC(N(C)C)[C@H]3O)[C@H]2C)O[C@@H](C)[C@@H]1O. The Morgan fingerprint density at radius 3 is 2.23 bits per heavy atom. The predicted molar refractivity (Wildman–Crippen MR) is 178 cm³/mol. The number of likely N-dealkylation sites (N-methyl/N-ethyl adjacent to an activating group) is 1. The number of amides is 2. The highest BCUT2D eigenvalue weighted by Crippen LogP contribution is 2.48. The van der Waals surface area contributed by atoms with Crippen LogP contribution in [-0.2, 0) is 33.3 Å². The van der Waals surface area contributed by atoms with E-state index in [2.05, 4.69) is 5.32 Å². The van der Waals surface area contributed by atoms with Crippen LogP contribution >= 0.6 is 0 Å². The van der Waals surface area contributed by atoms with Crippen molar-refractivity contribution in [3.05, 3.63) is 0 Å². The van der Waals surface area contributed by atoms with Crippen LogP contribution in [0, 0.1) is 23.2 Å². The number of nitrogens with one attached hydrogen (secondary N) is 1. The van der Waals surface area contributed by atoms with Crippen molar-refractivity contribution in [1.29, 1.82) is 0 Å². The zero-order valence-corrected chi connectivity index (χ0v) is 31.0. The summed E-state index contributed by atoms with van der Waals surface area (Å²) in [7, 11) is 7.07. The molecule has 4 fully saturated rings. The zero-order chi connectivity index (χ0) is 35.9. The molecule has 0 aromatic heterocycles. The zero-order valence-electron chi connectivity index (χ0n) is 31.0. The molecular formula is C35H63N3O10. The van der Waals surface area contributed by atoms with Gasteiger partial charge in [0.2, 0.25) is 11.8 Å². The van der Waals surface area contributed by atoms with Crippen molar-refractivity contribution >= 4 is 11.8 Å². The molecule has 3 saturated heterocycles. The van der Waals surface area contributed by atoms with Crippen molar-refractivity contribution in [2.24, 2.45) is 23.2 Å². The van der Waals surface area contributed by atoms with E-state index in [1.165, 1.54) is 0 Å². The molecule has 48 heavy (non-hydrogen) atoms. The molecule has 13 nitrogen and oxygen atoms in total. The monoisotopic (exact) mass is 685 g/mol. The summed E-state index contributed by atoms with van der Waals surface area (Å²) in [6.07, 6.45) is -3.88. The number of aliphatic hydroxyl groups excluding tert-OH is 2. The van der Waals surface area contributed by atoms with Crippen LogP contribution in [0.4, 0.5) is 0 Å². The second-order valence-electron chi connectivity index (χ2n) is 16.1. The van der Waals surface area contributed by atoms with Crippen LogP contribution in [0.25, 0.3) is 0 Å². The summed E-state index contributed by atoms with van der Waals surface area (Å²) in [4.78, 5) is 30.7. The summed E-state index contributed by atoms with van der Waals surface area (Å²) in [5.41, 5.74) is -3.45. The van der Waals surface area contributed by atoms with Crippen LogP contribution in [-0.4, -0.2) is 145 Å². The van der Waals surface area contributed by atoms with E-state index in [0.29, 0.717) is 25.8 Å². The minimum Gasteiger partial charge on any atom is -0.387 e. The molecular weight excluding hydrogens is 622 g/mol. The van der Waals surface area contributed by atoms with E-state index >= 15 is 0 Å². The molecule has 278 valence electrons. The second kappa shape index (κ2) is 15.1. The van der Waals surface area contributed by atoms with E-state index in [0.717, 1.165) is 0 Å². The Labute approximate surface area is 286 Å². The molecule has 4 rings (SSSR count). The Bertz CT molecular complexity index is 1120. The summed E-state index contributed by atoms with van der Waals surface area (Å²) in [6.45, 7) is 13.6. The number of methoxy groups -OCH3 is 1. The minimum absolute atomic E-state index is 0.164. The molecule has 1 saturated carbocycles. The van der Waals surface area contributed by atoms with Gasteiger partial charge < -0.3 is 54.1 Å². The Hall–Kier alpha value is -1.42. The lowest BCUT2D eigenvalue weighted by molar-refractivity contribution is -0.318. The lowest BCUT2D eigenvalue weighted by Gasteiger charge is -2.49. The van der Waals surface area contributed by atoms with Gasteiger partial charge in [0.05, 0.1) is 35.6 Å². The number of nitrogens with zero attached hydrogens (tertiary/aromatic N) is 2. The third-order valence-electron chi connectivity index (χ3n) is 11.4. The third-order valence-corrected chi connectivity index (χ3v) is 11.4. The molecule has 4 unspecified atom stereocenters. The first-order valence-corrected chi connectivity index (χ1v) is 17.7. The fraction of sp³-hybridized carbons (Fsp3) is 0.943. The number of aliphatic hydroxyl groups is 3.